The van der Waals surface area contributed by atoms with Gasteiger partial charge in [-0.1, -0.05) is 11.6 Å². The highest BCUT2D eigenvalue weighted by molar-refractivity contribution is 6.31. The molecule has 2 heterocycles. The number of hydrogen-bond acceptors (Lipinski definition) is 5. The van der Waals surface area contributed by atoms with Crippen LogP contribution in [0.3, 0.4) is 0 Å². The number of nitrogens with zero attached hydrogens (tertiary/aromatic N) is 3. The lowest BCUT2D eigenvalue weighted by Crippen LogP contribution is -2.43. The van der Waals surface area contributed by atoms with Crippen molar-refractivity contribution < 1.29 is 13.9 Å². The lowest BCUT2D eigenvalue weighted by molar-refractivity contribution is -0.123. The molecule has 0 aliphatic carbocycles. The van der Waals surface area contributed by atoms with Crippen LogP contribution in [0.4, 0.5) is 4.39 Å². The Morgan fingerprint density at radius 2 is 2.03 bits per heavy atom. The zero-order valence-corrected chi connectivity index (χ0v) is 19.4. The van der Waals surface area contributed by atoms with Crippen LogP contribution in [0.5, 0.6) is 5.75 Å². The summed E-state index contributed by atoms with van der Waals surface area (Å²) in [5.74, 6) is 0.00802. The number of carbonyl (C=O) groups is 1. The van der Waals surface area contributed by atoms with Crippen LogP contribution in [-0.4, -0.2) is 38.5 Å². The number of hydrogen-bond donors (Lipinski definition) is 1. The molecule has 0 aliphatic heterocycles. The summed E-state index contributed by atoms with van der Waals surface area (Å²) in [4.78, 5) is 34.7. The van der Waals surface area contributed by atoms with E-state index in [9.17, 15) is 14.0 Å². The molecule has 0 saturated heterocycles. The average molecular weight is 481 g/mol. The molecule has 0 aliphatic rings. The maximum absolute atomic E-state index is 13.7. The number of amides is 1. The SMILES string of the molecule is CC(C)(C)NC(=O)Cn1c(-c2ccc(F)c(Cl)c2)nc2ncc(OCCCCl)cc2c1=O. The number of ether oxygens (including phenoxy) is 1. The topological polar surface area (TPSA) is 86.1 Å². The Kier molecular flexibility index (Phi) is 7.36. The van der Waals surface area contributed by atoms with Gasteiger partial charge in [0.15, 0.2) is 5.65 Å². The largest absolute Gasteiger partial charge is 0.492 e. The molecule has 2 aromatic heterocycles. The third-order valence-corrected chi connectivity index (χ3v) is 4.88. The summed E-state index contributed by atoms with van der Waals surface area (Å²) in [5.41, 5.74) is -0.425. The summed E-state index contributed by atoms with van der Waals surface area (Å²) in [5, 5.41) is 2.88. The van der Waals surface area contributed by atoms with E-state index in [0.29, 0.717) is 30.2 Å². The van der Waals surface area contributed by atoms with E-state index in [-0.39, 0.29) is 34.3 Å². The molecule has 0 radical (unpaired) electrons. The van der Waals surface area contributed by atoms with E-state index in [1.54, 1.807) is 0 Å². The van der Waals surface area contributed by atoms with Gasteiger partial charge in [0.1, 0.15) is 23.9 Å². The summed E-state index contributed by atoms with van der Waals surface area (Å²) in [6.07, 6.45) is 2.10. The smallest absolute Gasteiger partial charge is 0.263 e. The molecule has 7 nitrogen and oxygen atoms in total. The molecule has 0 spiro atoms. The molecule has 10 heteroatoms. The van der Waals surface area contributed by atoms with E-state index in [1.807, 2.05) is 20.8 Å². The van der Waals surface area contributed by atoms with E-state index < -0.39 is 16.9 Å². The fourth-order valence-corrected chi connectivity index (χ4v) is 3.30. The Balaban J connectivity index is 2.14. The average Bonchev–Trinajstić information content (AvgIpc) is 2.71. The maximum Gasteiger partial charge on any atom is 0.263 e. The van der Waals surface area contributed by atoms with Crippen LogP contribution >= 0.6 is 23.2 Å². The molecule has 3 aromatic rings. The summed E-state index contributed by atoms with van der Waals surface area (Å²) in [6, 6.07) is 5.50. The van der Waals surface area contributed by atoms with Gasteiger partial charge in [0.2, 0.25) is 5.91 Å². The van der Waals surface area contributed by atoms with Crippen molar-refractivity contribution in [3.05, 3.63) is 51.7 Å². The van der Waals surface area contributed by atoms with Gasteiger partial charge < -0.3 is 10.1 Å². The minimum Gasteiger partial charge on any atom is -0.492 e. The third-order valence-electron chi connectivity index (χ3n) is 4.33. The zero-order chi connectivity index (χ0) is 23.5. The number of aromatic nitrogens is 3. The van der Waals surface area contributed by atoms with Crippen LogP contribution < -0.4 is 15.6 Å². The van der Waals surface area contributed by atoms with Crippen LogP contribution in [-0.2, 0) is 11.3 Å². The summed E-state index contributed by atoms with van der Waals surface area (Å²) < 4.78 is 20.5. The zero-order valence-electron chi connectivity index (χ0n) is 17.9. The molecule has 1 amide bonds. The van der Waals surface area contributed by atoms with Crippen molar-refractivity contribution >= 4 is 40.1 Å². The number of pyridine rings is 1. The normalized spacial score (nSPS) is 11.6. The first kappa shape index (κ1) is 23.9. The van der Waals surface area contributed by atoms with Crippen molar-refractivity contribution in [1.82, 2.24) is 19.9 Å². The van der Waals surface area contributed by atoms with E-state index in [0.717, 1.165) is 0 Å². The quantitative estimate of drug-likeness (QED) is 0.405. The highest BCUT2D eigenvalue weighted by atomic mass is 35.5. The highest BCUT2D eigenvalue weighted by Crippen LogP contribution is 2.25. The molecule has 1 aromatic carbocycles. The number of fused-ring (bicyclic) bond motifs is 1. The molecule has 0 unspecified atom stereocenters. The van der Waals surface area contributed by atoms with Gasteiger partial charge >= 0.3 is 0 Å². The van der Waals surface area contributed by atoms with Crippen LogP contribution in [0, 0.1) is 5.82 Å². The number of carbonyl (C=O) groups excluding carboxylic acids is 1. The number of rotatable bonds is 7. The molecule has 0 saturated carbocycles. The maximum atomic E-state index is 13.7. The summed E-state index contributed by atoms with van der Waals surface area (Å²) in [6.45, 7) is 5.59. The Morgan fingerprint density at radius 3 is 2.69 bits per heavy atom. The van der Waals surface area contributed by atoms with Crippen molar-refractivity contribution in [2.75, 3.05) is 12.5 Å². The summed E-state index contributed by atoms with van der Waals surface area (Å²) in [7, 11) is 0. The van der Waals surface area contributed by atoms with Crippen molar-refractivity contribution in [2.24, 2.45) is 0 Å². The van der Waals surface area contributed by atoms with Crippen molar-refractivity contribution in [1.29, 1.82) is 0 Å². The van der Waals surface area contributed by atoms with Crippen LogP contribution in [0.25, 0.3) is 22.4 Å². The first-order chi connectivity index (χ1) is 15.1. The van der Waals surface area contributed by atoms with Gasteiger partial charge in [0, 0.05) is 17.0 Å². The highest BCUT2D eigenvalue weighted by Gasteiger charge is 2.20. The molecule has 0 fully saturated rings. The van der Waals surface area contributed by atoms with Gasteiger partial charge in [-0.3, -0.25) is 14.2 Å². The first-order valence-corrected chi connectivity index (χ1v) is 10.9. The minimum atomic E-state index is -0.604. The number of halogens is 3. The van der Waals surface area contributed by atoms with Crippen molar-refractivity contribution in [3.8, 4) is 17.1 Å². The molecule has 3 rings (SSSR count). The standard InChI is InChI=1S/C22H23Cl2FN4O3/c1-22(2,3)28-18(30)12-29-20(13-5-6-17(25)16(24)9-13)27-19-15(21(29)31)10-14(11-26-19)32-8-4-7-23/h5-6,9-11H,4,7-8,12H2,1-3H3,(H,28,30). The number of nitrogens with one attached hydrogen (secondary N) is 1. The van der Waals surface area contributed by atoms with E-state index in [4.69, 9.17) is 27.9 Å². The molecular weight excluding hydrogens is 458 g/mol. The number of benzene rings is 1. The Morgan fingerprint density at radius 1 is 1.28 bits per heavy atom. The third kappa shape index (κ3) is 5.75. The summed E-state index contributed by atoms with van der Waals surface area (Å²) >= 11 is 11.6. The second-order valence-corrected chi connectivity index (χ2v) is 8.97. The fourth-order valence-electron chi connectivity index (χ4n) is 3.01. The van der Waals surface area contributed by atoms with Gasteiger partial charge in [-0.2, -0.15) is 0 Å². The van der Waals surface area contributed by atoms with Gasteiger partial charge in [-0.25, -0.2) is 14.4 Å². The van der Waals surface area contributed by atoms with Crippen LogP contribution in [0.1, 0.15) is 27.2 Å². The predicted molar refractivity (Wildman–Crippen MR) is 123 cm³/mol. The Hall–Kier alpha value is -2.71. The molecule has 32 heavy (non-hydrogen) atoms. The fraction of sp³-hybridized carbons (Fsp3) is 0.364. The molecule has 170 valence electrons. The molecule has 0 atom stereocenters. The molecule has 0 bridgehead atoms. The Bertz CT molecular complexity index is 1210. The second-order valence-electron chi connectivity index (χ2n) is 8.19. The van der Waals surface area contributed by atoms with E-state index in [1.165, 1.54) is 35.0 Å². The van der Waals surface area contributed by atoms with E-state index in [2.05, 4.69) is 15.3 Å². The first-order valence-electron chi connectivity index (χ1n) is 9.95. The van der Waals surface area contributed by atoms with E-state index >= 15 is 0 Å². The lowest BCUT2D eigenvalue weighted by atomic mass is 10.1. The van der Waals surface area contributed by atoms with Gasteiger partial charge in [0.25, 0.3) is 5.56 Å². The van der Waals surface area contributed by atoms with Crippen molar-refractivity contribution in [3.63, 3.8) is 0 Å². The van der Waals surface area contributed by atoms with Crippen LogP contribution in [0.15, 0.2) is 35.3 Å². The monoisotopic (exact) mass is 480 g/mol. The minimum absolute atomic E-state index is 0.126. The van der Waals surface area contributed by atoms with Gasteiger partial charge in [-0.15, -0.1) is 11.6 Å². The molecular formula is C22H23Cl2FN4O3. The van der Waals surface area contributed by atoms with Crippen LogP contribution in [0.2, 0.25) is 5.02 Å². The Labute approximate surface area is 194 Å². The lowest BCUT2D eigenvalue weighted by Gasteiger charge is -2.21. The van der Waals surface area contributed by atoms with Crippen molar-refractivity contribution in [2.45, 2.75) is 39.3 Å². The number of alkyl halides is 1. The van der Waals surface area contributed by atoms with Gasteiger partial charge in [-0.05, 0) is 51.5 Å². The molecule has 1 N–H and O–H groups in total. The second kappa shape index (κ2) is 9.83. The van der Waals surface area contributed by atoms with Gasteiger partial charge in [0.05, 0.1) is 23.2 Å². The predicted octanol–water partition coefficient (Wildman–Crippen LogP) is 4.17.